The van der Waals surface area contributed by atoms with Gasteiger partial charge < -0.3 is 37.9 Å². The number of carbonyl (C=O) groups is 6. The highest BCUT2D eigenvalue weighted by Crippen LogP contribution is 2.35. The molecule has 1 fully saturated rings. The number of esters is 5. The van der Waals surface area contributed by atoms with Crippen LogP contribution in [0.15, 0.2) is 34.0 Å². The van der Waals surface area contributed by atoms with Crippen molar-refractivity contribution in [1.29, 1.82) is 0 Å². The van der Waals surface area contributed by atoms with Crippen molar-refractivity contribution in [1.82, 2.24) is 14.9 Å². The smallest absolute Gasteiger partial charge is 0.409 e. The van der Waals surface area contributed by atoms with Crippen molar-refractivity contribution in [3.63, 3.8) is 0 Å². The fourth-order valence-corrected chi connectivity index (χ4v) is 4.50. The molecule has 1 amide bonds. The molecule has 1 unspecified atom stereocenters. The maximum Gasteiger partial charge on any atom is 0.409 e. The van der Waals surface area contributed by atoms with E-state index >= 15 is 0 Å². The summed E-state index contributed by atoms with van der Waals surface area (Å²) in [6.45, 7) is 2.16. The predicted octanol–water partition coefficient (Wildman–Crippen LogP) is -0.746. The lowest BCUT2D eigenvalue weighted by molar-refractivity contribution is -0.387. The highest BCUT2D eigenvalue weighted by atomic mass is 19.1. The van der Waals surface area contributed by atoms with Crippen LogP contribution in [0.2, 0.25) is 0 Å². The van der Waals surface area contributed by atoms with Gasteiger partial charge in [-0.2, -0.15) is 4.39 Å². The summed E-state index contributed by atoms with van der Waals surface area (Å²) in [6, 6.07) is 3.02. The topological polar surface area (TPSA) is 286 Å². The Labute approximate surface area is 283 Å². The molecule has 0 spiro atoms. The van der Waals surface area contributed by atoms with Gasteiger partial charge in [-0.05, 0) is 11.6 Å². The van der Waals surface area contributed by atoms with Crippen molar-refractivity contribution in [3.8, 4) is 5.75 Å². The van der Waals surface area contributed by atoms with Crippen LogP contribution in [-0.4, -0.2) is 95.3 Å². The first-order valence-corrected chi connectivity index (χ1v) is 14.2. The maximum absolute atomic E-state index is 13.8. The van der Waals surface area contributed by atoms with Gasteiger partial charge in [-0.15, -0.1) is 0 Å². The summed E-state index contributed by atoms with van der Waals surface area (Å²) < 4.78 is 55.1. The first-order chi connectivity index (χ1) is 24.0. The van der Waals surface area contributed by atoms with Crippen molar-refractivity contribution < 1.29 is 76.0 Å². The fourth-order valence-electron chi connectivity index (χ4n) is 4.50. The molecule has 276 valence electrons. The lowest BCUT2D eigenvalue weighted by Gasteiger charge is -2.42. The summed E-state index contributed by atoms with van der Waals surface area (Å²) in [5.74, 6) is -7.41. The normalized spacial score (nSPS) is 20.1. The Morgan fingerprint density at radius 3 is 2.16 bits per heavy atom. The molecule has 1 aromatic heterocycles. The number of nitro groups is 1. The Balaban J connectivity index is 1.90. The number of ether oxygens (including phenoxy) is 8. The van der Waals surface area contributed by atoms with Crippen LogP contribution < -0.4 is 21.3 Å². The SMILES string of the molecule is COC(=O)C(NC(=O)OCc1ccc(O[C@@H]2O[C@H](C(=O)OC)[C@@H](OC(C)=O)[C@H](OC(C)=O)[C@H]2OC(C)=O)c([N+](=O)[O-])c1)n1cc(F)c(=O)[nH]c1=O. The first-order valence-electron chi connectivity index (χ1n) is 14.2. The molecule has 1 aliphatic heterocycles. The third kappa shape index (κ3) is 9.84. The van der Waals surface area contributed by atoms with Gasteiger partial charge in [0, 0.05) is 26.8 Å². The second-order valence-corrected chi connectivity index (χ2v) is 10.1. The quantitative estimate of drug-likeness (QED) is 0.118. The van der Waals surface area contributed by atoms with Crippen LogP contribution in [0.3, 0.4) is 0 Å². The number of hydrogen-bond donors (Lipinski definition) is 2. The first kappa shape index (κ1) is 39.1. The van der Waals surface area contributed by atoms with Gasteiger partial charge in [0.25, 0.3) is 5.56 Å². The molecule has 3 rings (SSSR count). The van der Waals surface area contributed by atoms with E-state index in [0.717, 1.165) is 53.2 Å². The van der Waals surface area contributed by atoms with Gasteiger partial charge in [0.1, 0.15) is 6.61 Å². The number of H-pyrrole nitrogens is 1. The standard InChI is InChI=1S/C28H29FN4O18/c1-11(34)47-18-19(48-12(2)35)21(49-13(3)36)26(51-20(18)24(38)44-4)50-17-7-6-14(8-16(17)33(42)43)10-46-28(41)30-22(25(39)45-5)32-9-15(29)23(37)31-27(32)40/h6-9,18-22,26H,10H2,1-5H3,(H,30,41)(H,31,37,40)/t18-,19-,20-,21+,22?,26+/m0/s1. The van der Waals surface area contributed by atoms with Gasteiger partial charge >= 0.3 is 47.3 Å². The summed E-state index contributed by atoms with van der Waals surface area (Å²) in [4.78, 5) is 109. The number of hydrogen-bond acceptors (Lipinski definition) is 18. The Morgan fingerprint density at radius 1 is 0.980 bits per heavy atom. The van der Waals surface area contributed by atoms with E-state index in [0.29, 0.717) is 10.8 Å². The van der Waals surface area contributed by atoms with E-state index in [1.54, 1.807) is 4.98 Å². The molecule has 6 atom stereocenters. The fraction of sp³-hybridized carbons (Fsp3) is 0.429. The van der Waals surface area contributed by atoms with Crippen LogP contribution in [-0.2, 0) is 63.7 Å². The lowest BCUT2D eigenvalue weighted by atomic mass is 9.97. The molecule has 1 aromatic carbocycles. The minimum atomic E-state index is -2.02. The number of methoxy groups -OCH3 is 2. The molecule has 22 nitrogen and oxygen atoms in total. The zero-order valence-electron chi connectivity index (χ0n) is 27.1. The Morgan fingerprint density at radius 2 is 1.59 bits per heavy atom. The van der Waals surface area contributed by atoms with Crippen LogP contribution in [0.4, 0.5) is 14.9 Å². The number of nitro benzene ring substituents is 1. The Hall–Kier alpha value is -6.39. The highest BCUT2D eigenvalue weighted by molar-refractivity contribution is 5.79. The second-order valence-electron chi connectivity index (χ2n) is 10.1. The molecule has 1 saturated heterocycles. The molecule has 1 aliphatic rings. The molecule has 2 aromatic rings. The number of aromatic nitrogens is 2. The minimum Gasteiger partial charge on any atom is -0.467 e. The number of alkyl carbamates (subject to hydrolysis) is 1. The number of carbonyl (C=O) groups excluding carboxylic acids is 6. The molecule has 51 heavy (non-hydrogen) atoms. The summed E-state index contributed by atoms with van der Waals surface area (Å²) in [5.41, 5.74) is -3.55. The van der Waals surface area contributed by atoms with E-state index in [-0.39, 0.29) is 5.56 Å². The van der Waals surface area contributed by atoms with E-state index in [1.807, 2.05) is 5.32 Å². The van der Waals surface area contributed by atoms with Crippen molar-refractivity contribution in [2.24, 2.45) is 0 Å². The van der Waals surface area contributed by atoms with Gasteiger partial charge in [0.05, 0.1) is 25.3 Å². The van der Waals surface area contributed by atoms with Gasteiger partial charge in [0.2, 0.25) is 24.4 Å². The Bertz CT molecular complexity index is 1820. The van der Waals surface area contributed by atoms with Crippen molar-refractivity contribution in [2.75, 3.05) is 14.2 Å². The number of nitrogens with zero attached hydrogens (tertiary/aromatic N) is 2. The van der Waals surface area contributed by atoms with Gasteiger partial charge in [-0.1, -0.05) is 6.07 Å². The summed E-state index contributed by atoms with van der Waals surface area (Å²) in [5, 5.41) is 14.0. The average Bonchev–Trinajstić information content (AvgIpc) is 3.05. The van der Waals surface area contributed by atoms with Crippen LogP contribution in [0, 0.1) is 15.9 Å². The molecular formula is C28H29FN4O18. The van der Waals surface area contributed by atoms with E-state index in [9.17, 15) is 52.9 Å². The number of aromatic amines is 1. The minimum absolute atomic E-state index is 0.0627. The number of amides is 1. The Kier molecular flexibility index (Phi) is 12.9. The zero-order valence-corrected chi connectivity index (χ0v) is 27.1. The molecule has 2 heterocycles. The molecular weight excluding hydrogens is 699 g/mol. The van der Waals surface area contributed by atoms with Crippen molar-refractivity contribution in [2.45, 2.75) is 64.2 Å². The van der Waals surface area contributed by atoms with Gasteiger partial charge in [-0.3, -0.25) is 44.2 Å². The lowest BCUT2D eigenvalue weighted by Crippen LogP contribution is -2.64. The maximum atomic E-state index is 13.8. The van der Waals surface area contributed by atoms with Crippen LogP contribution in [0.5, 0.6) is 5.75 Å². The number of rotatable bonds is 12. The van der Waals surface area contributed by atoms with Gasteiger partial charge in [-0.25, -0.2) is 19.2 Å². The van der Waals surface area contributed by atoms with Crippen LogP contribution in [0.25, 0.3) is 0 Å². The summed E-state index contributed by atoms with van der Waals surface area (Å²) in [6.07, 6.45) is -12.1. The highest BCUT2D eigenvalue weighted by Gasteiger charge is 2.56. The van der Waals surface area contributed by atoms with Gasteiger partial charge in [0.15, 0.2) is 24.1 Å². The number of benzene rings is 1. The molecule has 23 heteroatoms. The molecule has 0 aliphatic carbocycles. The molecule has 2 N–H and O–H groups in total. The van der Waals surface area contributed by atoms with E-state index in [2.05, 4.69) is 4.74 Å². The average molecular weight is 729 g/mol. The third-order valence-corrected chi connectivity index (χ3v) is 6.55. The van der Waals surface area contributed by atoms with Crippen molar-refractivity contribution >= 4 is 41.6 Å². The predicted molar refractivity (Wildman–Crippen MR) is 157 cm³/mol. The monoisotopic (exact) mass is 728 g/mol. The molecule has 0 bridgehead atoms. The summed E-state index contributed by atoms with van der Waals surface area (Å²) >= 11 is 0. The largest absolute Gasteiger partial charge is 0.467 e. The van der Waals surface area contributed by atoms with E-state index in [4.69, 9.17) is 33.2 Å². The van der Waals surface area contributed by atoms with Crippen LogP contribution in [0.1, 0.15) is 32.5 Å². The zero-order chi connectivity index (χ0) is 38.2. The van der Waals surface area contributed by atoms with E-state index < -0.39 is 113 Å². The van der Waals surface area contributed by atoms with Crippen LogP contribution >= 0.6 is 0 Å². The number of nitrogens with one attached hydrogen (secondary N) is 2. The summed E-state index contributed by atoms with van der Waals surface area (Å²) in [7, 11) is 1.84. The number of halogens is 1. The second kappa shape index (κ2) is 16.8. The van der Waals surface area contributed by atoms with Crippen molar-refractivity contribution in [3.05, 3.63) is 66.7 Å². The van der Waals surface area contributed by atoms with E-state index in [1.165, 1.54) is 0 Å². The third-order valence-electron chi connectivity index (χ3n) is 6.55. The molecule has 0 saturated carbocycles. The molecule has 0 radical (unpaired) electrons.